The fourth-order valence-electron chi connectivity index (χ4n) is 6.28. The van der Waals surface area contributed by atoms with E-state index in [-0.39, 0.29) is 72.0 Å². The van der Waals surface area contributed by atoms with Gasteiger partial charge in [-0.1, -0.05) is 54.6 Å². The maximum atomic E-state index is 13.2. The van der Waals surface area contributed by atoms with E-state index in [0.29, 0.717) is 106 Å². The summed E-state index contributed by atoms with van der Waals surface area (Å²) in [7, 11) is 3.23. The van der Waals surface area contributed by atoms with Crippen LogP contribution in [0.5, 0.6) is 0 Å². The molecule has 21 heteroatoms. The highest BCUT2D eigenvalue weighted by Crippen LogP contribution is 2.11. The Morgan fingerprint density at radius 3 is 1.28 bits per heavy atom. The summed E-state index contributed by atoms with van der Waals surface area (Å²) in [5.41, 5.74) is 3.28. The fraction of sp³-hybridized carbons (Fsp3) is 0.667. The van der Waals surface area contributed by atoms with Gasteiger partial charge in [-0.05, 0) is 48.8 Å². The number of carbonyl (C=O) groups is 5. The van der Waals surface area contributed by atoms with Crippen molar-refractivity contribution in [1.29, 1.82) is 0 Å². The molecule has 0 aliphatic rings. The Morgan fingerprint density at radius 2 is 0.819 bits per heavy atom. The minimum atomic E-state index is -1.08. The highest BCUT2D eigenvalue weighted by atomic mass is 16.6. The zero-order valence-electron chi connectivity index (χ0n) is 42.6. The number of imide groups is 1. The van der Waals surface area contributed by atoms with E-state index in [1.807, 2.05) is 42.5 Å². The number of rotatable bonds is 49. The molecule has 0 saturated carbocycles. The molecule has 0 unspecified atom stereocenters. The predicted molar refractivity (Wildman–Crippen MR) is 266 cm³/mol. The molecule has 2 rings (SSSR count). The van der Waals surface area contributed by atoms with Crippen LogP contribution in [-0.2, 0) is 100 Å². The molecule has 21 nitrogen and oxygen atoms in total. The average Bonchev–Trinajstić information content (AvgIpc) is 3.37. The van der Waals surface area contributed by atoms with Gasteiger partial charge >= 0.3 is 0 Å². The van der Waals surface area contributed by atoms with Crippen LogP contribution in [-0.4, -0.2) is 208 Å². The summed E-state index contributed by atoms with van der Waals surface area (Å²) >= 11 is 0. The van der Waals surface area contributed by atoms with Crippen molar-refractivity contribution < 1.29 is 80.8 Å². The van der Waals surface area contributed by atoms with Crippen molar-refractivity contribution in [3.05, 3.63) is 71.3 Å². The number of amides is 5. The third-order valence-corrected chi connectivity index (χ3v) is 10.1. The van der Waals surface area contributed by atoms with E-state index >= 15 is 0 Å². The number of unbranched alkanes of at least 4 members (excludes halogenated alkanes) is 1. The van der Waals surface area contributed by atoms with E-state index in [1.54, 1.807) is 14.2 Å². The molecule has 5 amide bonds. The zero-order chi connectivity index (χ0) is 51.8. The van der Waals surface area contributed by atoms with Gasteiger partial charge in [-0.15, -0.1) is 0 Å². The van der Waals surface area contributed by atoms with Crippen molar-refractivity contribution in [2.75, 3.05) is 173 Å². The molecule has 0 fully saturated rings. The average molecular weight is 1020 g/mol. The number of methoxy groups -OCH3 is 2. The first-order valence-electron chi connectivity index (χ1n) is 24.8. The normalized spacial score (nSPS) is 11.6. The van der Waals surface area contributed by atoms with Gasteiger partial charge in [0.25, 0.3) is 0 Å². The van der Waals surface area contributed by atoms with Crippen molar-refractivity contribution in [1.82, 2.24) is 21.3 Å². The van der Waals surface area contributed by atoms with Crippen LogP contribution in [0.25, 0.3) is 0 Å². The molecule has 2 aromatic carbocycles. The summed E-state index contributed by atoms with van der Waals surface area (Å²) in [6.45, 7) is 7.17. The van der Waals surface area contributed by atoms with Crippen LogP contribution in [0, 0.1) is 0 Å². The minimum Gasteiger partial charge on any atom is -0.382 e. The smallest absolute Gasteiger partial charge is 0.246 e. The summed E-state index contributed by atoms with van der Waals surface area (Å²) in [6, 6.07) is 17.1. The molecule has 0 saturated heterocycles. The molecule has 408 valence electrons. The molecule has 72 heavy (non-hydrogen) atoms. The van der Waals surface area contributed by atoms with Gasteiger partial charge in [0, 0.05) is 33.7 Å². The molecule has 4 N–H and O–H groups in total. The Kier molecular flexibility index (Phi) is 40.9. The number of nitrogens with one attached hydrogen (secondary N) is 4. The van der Waals surface area contributed by atoms with Crippen molar-refractivity contribution in [2.45, 2.75) is 51.0 Å². The number of benzene rings is 2. The van der Waals surface area contributed by atoms with E-state index in [0.717, 1.165) is 31.2 Å². The lowest BCUT2D eigenvalue weighted by Gasteiger charge is -2.19. The van der Waals surface area contributed by atoms with Crippen LogP contribution in [0.2, 0.25) is 0 Å². The molecule has 0 aliphatic heterocycles. The monoisotopic (exact) mass is 1020 g/mol. The summed E-state index contributed by atoms with van der Waals surface area (Å²) in [4.78, 5) is 63.8. The molecular weight excluding hydrogens is 941 g/mol. The maximum absolute atomic E-state index is 13.2. The number of aryl methyl sites for hydroxylation is 2. The van der Waals surface area contributed by atoms with Gasteiger partial charge in [-0.25, -0.2) is 0 Å². The van der Waals surface area contributed by atoms with Gasteiger partial charge in [-0.2, -0.15) is 0 Å². The first kappa shape index (κ1) is 63.6. The molecule has 0 radical (unpaired) electrons. The van der Waals surface area contributed by atoms with Gasteiger partial charge in [0.2, 0.25) is 29.5 Å². The Bertz CT molecular complexity index is 1660. The van der Waals surface area contributed by atoms with Crippen molar-refractivity contribution >= 4 is 29.5 Å². The molecule has 0 heterocycles. The van der Waals surface area contributed by atoms with Gasteiger partial charge in [-0.3, -0.25) is 29.3 Å². The van der Waals surface area contributed by atoms with Gasteiger partial charge in [0.1, 0.15) is 19.3 Å². The van der Waals surface area contributed by atoms with Crippen LogP contribution >= 0.6 is 0 Å². The minimum absolute atomic E-state index is 0.0209. The van der Waals surface area contributed by atoms with Gasteiger partial charge < -0.3 is 72.8 Å². The van der Waals surface area contributed by atoms with Crippen LogP contribution < -0.4 is 21.3 Å². The van der Waals surface area contributed by atoms with E-state index in [4.69, 9.17) is 56.8 Å². The zero-order valence-corrected chi connectivity index (χ0v) is 42.6. The molecule has 0 aliphatic carbocycles. The molecule has 1 atom stereocenters. The Balaban J connectivity index is 1.67. The summed E-state index contributed by atoms with van der Waals surface area (Å²) in [5.74, 6) is -2.62. The van der Waals surface area contributed by atoms with Crippen LogP contribution in [0.1, 0.15) is 42.4 Å². The second-order valence-electron chi connectivity index (χ2n) is 15.9. The first-order chi connectivity index (χ1) is 35.3. The lowest BCUT2D eigenvalue weighted by atomic mass is 10.0. The molecule has 2 aromatic rings. The van der Waals surface area contributed by atoms with E-state index in [9.17, 15) is 24.0 Å². The topological polar surface area (TPSA) is 244 Å². The van der Waals surface area contributed by atoms with Crippen LogP contribution in [0.3, 0.4) is 0 Å². The van der Waals surface area contributed by atoms with E-state index in [2.05, 4.69) is 33.4 Å². The number of carbonyl (C=O) groups excluding carboxylic acids is 5. The SMILES string of the molecule is COCCOCCOCCOCCOCCOCC(=O)NCC[C@H](NC(=O)COCCOCCOCCOCCOCCOC)C(=O)NCCC(=O)NC(=O)Cc1ccc(CCCCc2ccccc2)cc1. The van der Waals surface area contributed by atoms with Crippen LogP contribution in [0.15, 0.2) is 54.6 Å². The second kappa shape index (κ2) is 46.3. The Labute approximate surface area is 425 Å². The van der Waals surface area contributed by atoms with Crippen LogP contribution in [0.4, 0.5) is 0 Å². The van der Waals surface area contributed by atoms with Gasteiger partial charge in [0.15, 0.2) is 0 Å². The second-order valence-corrected chi connectivity index (χ2v) is 15.9. The summed E-state index contributed by atoms with van der Waals surface area (Å²) in [5, 5.41) is 10.3. The first-order valence-corrected chi connectivity index (χ1v) is 24.8. The molecular formula is C51H82N4O17. The van der Waals surface area contributed by atoms with E-state index < -0.39 is 35.6 Å². The van der Waals surface area contributed by atoms with Crippen molar-refractivity contribution in [3.8, 4) is 0 Å². The van der Waals surface area contributed by atoms with Gasteiger partial charge in [0.05, 0.1) is 139 Å². The lowest BCUT2D eigenvalue weighted by Crippen LogP contribution is -2.50. The Hall–Kier alpha value is -4.49. The largest absolute Gasteiger partial charge is 0.382 e. The third-order valence-electron chi connectivity index (χ3n) is 10.1. The highest BCUT2D eigenvalue weighted by Gasteiger charge is 2.21. The van der Waals surface area contributed by atoms with E-state index in [1.165, 1.54) is 11.1 Å². The maximum Gasteiger partial charge on any atom is 0.246 e. The summed E-state index contributed by atoms with van der Waals surface area (Å²) < 4.78 is 64.0. The van der Waals surface area contributed by atoms with Crippen molar-refractivity contribution in [3.63, 3.8) is 0 Å². The fourth-order valence-corrected chi connectivity index (χ4v) is 6.28. The Morgan fingerprint density at radius 1 is 0.417 bits per heavy atom. The predicted octanol–water partition coefficient (Wildman–Crippen LogP) is 1.39. The lowest BCUT2D eigenvalue weighted by molar-refractivity contribution is -0.133. The summed E-state index contributed by atoms with van der Waals surface area (Å²) in [6.07, 6.45) is 3.96. The molecule has 0 aromatic heterocycles. The highest BCUT2D eigenvalue weighted by molar-refractivity contribution is 5.96. The number of hydrogen-bond acceptors (Lipinski definition) is 17. The quantitative estimate of drug-likeness (QED) is 0.0685. The molecule has 0 bridgehead atoms. The third kappa shape index (κ3) is 38.2. The molecule has 0 spiro atoms. The van der Waals surface area contributed by atoms with Crippen molar-refractivity contribution in [2.24, 2.45) is 0 Å². The number of hydrogen-bond donors (Lipinski definition) is 4. The standard InChI is InChI=1S/C51H82N4O17/c1-61-20-22-63-24-26-65-28-30-67-32-34-69-36-38-71-41-49(58)52-18-16-46(54-50(59)42-72-39-37-70-35-33-68-31-29-66-27-25-64-23-21-62-2)51(60)53-19-17-47(56)55-48(57)40-45-14-12-44(13-15-45)11-7-6-10-43-8-4-3-5-9-43/h3-5,8-9,12-15,46H,6-7,10-11,16-42H2,1-2H3,(H,52,58)(H,53,60)(H,54,59)(H,55,56,57)/t46-/m0/s1. The number of ether oxygens (including phenoxy) is 12.